The first-order valence-electron chi connectivity index (χ1n) is 13.5. The first-order chi connectivity index (χ1) is 19.7. The molecular weight excluding hydrogens is 540 g/mol. The van der Waals surface area contributed by atoms with Crippen LogP contribution in [0.5, 0.6) is 0 Å². The van der Waals surface area contributed by atoms with Gasteiger partial charge < -0.3 is 25.8 Å². The Bertz CT molecular complexity index is 1520. The van der Waals surface area contributed by atoms with Gasteiger partial charge in [-0.2, -0.15) is 0 Å². The minimum atomic E-state index is -0.258. The largest absolute Gasteiger partial charge is 0.354 e. The van der Waals surface area contributed by atoms with Crippen molar-refractivity contribution in [1.82, 2.24) is 9.80 Å². The molecule has 3 aromatic rings. The number of anilines is 4. The van der Waals surface area contributed by atoms with Gasteiger partial charge in [0, 0.05) is 56.4 Å². The number of amides is 3. The molecule has 10 heteroatoms. The third-order valence-electron chi connectivity index (χ3n) is 7.31. The summed E-state index contributed by atoms with van der Waals surface area (Å²) in [5.41, 5.74) is 4.97. The highest BCUT2D eigenvalue weighted by molar-refractivity contribution is 6.38. The van der Waals surface area contributed by atoms with Crippen molar-refractivity contribution in [1.29, 1.82) is 0 Å². The number of benzene rings is 3. The van der Waals surface area contributed by atoms with E-state index in [-0.39, 0.29) is 17.7 Å². The Morgan fingerprint density at radius 2 is 1.71 bits per heavy atom. The van der Waals surface area contributed by atoms with Crippen molar-refractivity contribution in [2.24, 2.45) is 0 Å². The van der Waals surface area contributed by atoms with Gasteiger partial charge in [0.25, 0.3) is 5.91 Å². The van der Waals surface area contributed by atoms with Gasteiger partial charge in [-0.3, -0.25) is 19.3 Å². The Morgan fingerprint density at radius 1 is 0.976 bits per heavy atom. The standard InChI is InChI=1S/C31H33ClN6O3/c1-20(39)33-26-18-23(10-12-27(26)37(3)28(40)19-38-15-13-36(2)14-16-38)34-30(21-7-5-4-6-8-21)29-24-11-9-22(32)17-25(24)35-31(29)41/h4-12,17-18,34H,13-16,19H2,1-3H3,(H,33,39)(H,35,41)/b30-29-. The van der Waals surface area contributed by atoms with Crippen molar-refractivity contribution in [3.05, 3.63) is 82.9 Å². The monoisotopic (exact) mass is 572 g/mol. The highest BCUT2D eigenvalue weighted by Crippen LogP contribution is 2.39. The predicted molar refractivity (Wildman–Crippen MR) is 165 cm³/mol. The third-order valence-corrected chi connectivity index (χ3v) is 7.54. The number of fused-ring (bicyclic) bond motifs is 1. The summed E-state index contributed by atoms with van der Waals surface area (Å²) >= 11 is 6.18. The Hall–Kier alpha value is -4.18. The van der Waals surface area contributed by atoms with E-state index in [1.165, 1.54) is 6.92 Å². The lowest BCUT2D eigenvalue weighted by Crippen LogP contribution is -2.48. The van der Waals surface area contributed by atoms with Gasteiger partial charge in [-0.05, 0) is 42.9 Å². The van der Waals surface area contributed by atoms with E-state index in [0.717, 1.165) is 37.3 Å². The molecule has 0 aromatic heterocycles. The molecule has 0 radical (unpaired) electrons. The normalized spacial score (nSPS) is 16.5. The van der Waals surface area contributed by atoms with Crippen molar-refractivity contribution in [2.45, 2.75) is 6.92 Å². The SMILES string of the molecule is CC(=O)Nc1cc(N/C(=C2\C(=O)Nc3cc(Cl)ccc32)c2ccccc2)ccc1N(C)C(=O)CN1CCN(C)CC1. The molecule has 1 fully saturated rings. The Morgan fingerprint density at radius 3 is 2.41 bits per heavy atom. The van der Waals surface area contributed by atoms with Gasteiger partial charge in [0.1, 0.15) is 0 Å². The molecule has 9 nitrogen and oxygen atoms in total. The summed E-state index contributed by atoms with van der Waals surface area (Å²) in [6, 6.07) is 20.3. The molecule has 212 valence electrons. The van der Waals surface area contributed by atoms with Crippen LogP contribution in [0.4, 0.5) is 22.7 Å². The van der Waals surface area contributed by atoms with Crippen molar-refractivity contribution in [3.63, 3.8) is 0 Å². The second-order valence-corrected chi connectivity index (χ2v) is 10.8. The summed E-state index contributed by atoms with van der Waals surface area (Å²) in [4.78, 5) is 44.5. The second kappa shape index (κ2) is 12.1. The maximum Gasteiger partial charge on any atom is 0.258 e. The maximum absolute atomic E-state index is 13.2. The molecular formula is C31H33ClN6O3. The van der Waals surface area contributed by atoms with E-state index in [2.05, 4.69) is 32.8 Å². The van der Waals surface area contributed by atoms with Gasteiger partial charge in [0.2, 0.25) is 11.8 Å². The molecule has 5 rings (SSSR count). The fraction of sp³-hybridized carbons (Fsp3) is 0.258. The van der Waals surface area contributed by atoms with E-state index in [9.17, 15) is 14.4 Å². The third kappa shape index (κ3) is 6.43. The lowest BCUT2D eigenvalue weighted by molar-refractivity contribution is -0.120. The zero-order valence-electron chi connectivity index (χ0n) is 23.3. The van der Waals surface area contributed by atoms with Crippen molar-refractivity contribution < 1.29 is 14.4 Å². The Balaban J connectivity index is 1.49. The Labute approximate surface area is 244 Å². The Kier molecular flexibility index (Phi) is 8.39. The van der Waals surface area contributed by atoms with Crippen LogP contribution >= 0.6 is 11.6 Å². The summed E-state index contributed by atoms with van der Waals surface area (Å²) in [6.07, 6.45) is 0. The van der Waals surface area contributed by atoms with E-state index in [4.69, 9.17) is 11.6 Å². The molecule has 3 amide bonds. The number of nitrogens with one attached hydrogen (secondary N) is 3. The number of nitrogens with zero attached hydrogens (tertiary/aromatic N) is 3. The van der Waals surface area contributed by atoms with Crippen molar-refractivity contribution >= 4 is 63.3 Å². The minimum absolute atomic E-state index is 0.0631. The molecule has 2 aliphatic heterocycles. The van der Waals surface area contributed by atoms with Crippen LogP contribution in [-0.2, 0) is 14.4 Å². The average Bonchev–Trinajstić information content (AvgIpc) is 3.27. The fourth-order valence-electron chi connectivity index (χ4n) is 5.06. The van der Waals surface area contributed by atoms with Gasteiger partial charge in [0.05, 0.1) is 34.9 Å². The number of piperazine rings is 1. The number of hydrogen-bond donors (Lipinski definition) is 3. The summed E-state index contributed by atoms with van der Waals surface area (Å²) in [5.74, 6) is -0.570. The molecule has 3 aromatic carbocycles. The molecule has 2 heterocycles. The highest BCUT2D eigenvalue weighted by Gasteiger charge is 2.29. The van der Waals surface area contributed by atoms with Crippen molar-refractivity contribution in [3.8, 4) is 0 Å². The van der Waals surface area contributed by atoms with Crippen LogP contribution in [-0.4, -0.2) is 74.3 Å². The van der Waals surface area contributed by atoms with E-state index in [0.29, 0.717) is 45.6 Å². The summed E-state index contributed by atoms with van der Waals surface area (Å²) in [5, 5.41) is 9.72. The molecule has 0 unspecified atom stereocenters. The molecule has 0 atom stereocenters. The lowest BCUT2D eigenvalue weighted by Gasteiger charge is -2.33. The van der Waals surface area contributed by atoms with Crippen LogP contribution in [0.3, 0.4) is 0 Å². The topological polar surface area (TPSA) is 97.0 Å². The number of halogens is 1. The van der Waals surface area contributed by atoms with E-state index >= 15 is 0 Å². The van der Waals surface area contributed by atoms with Crippen LogP contribution in [0, 0.1) is 0 Å². The summed E-state index contributed by atoms with van der Waals surface area (Å²) in [7, 11) is 3.79. The minimum Gasteiger partial charge on any atom is -0.354 e. The highest BCUT2D eigenvalue weighted by atomic mass is 35.5. The van der Waals surface area contributed by atoms with Crippen LogP contribution in [0.1, 0.15) is 18.1 Å². The molecule has 0 bridgehead atoms. The lowest BCUT2D eigenvalue weighted by atomic mass is 10.00. The van der Waals surface area contributed by atoms with E-state index < -0.39 is 0 Å². The average molecular weight is 573 g/mol. The molecule has 0 spiro atoms. The van der Waals surface area contributed by atoms with Gasteiger partial charge in [-0.25, -0.2) is 0 Å². The van der Waals surface area contributed by atoms with Gasteiger partial charge in [-0.15, -0.1) is 0 Å². The molecule has 3 N–H and O–H groups in total. The second-order valence-electron chi connectivity index (χ2n) is 10.3. The molecule has 1 saturated heterocycles. The quantitative estimate of drug-likeness (QED) is 0.362. The first kappa shape index (κ1) is 28.4. The fourth-order valence-corrected chi connectivity index (χ4v) is 5.23. The smallest absolute Gasteiger partial charge is 0.258 e. The number of carbonyl (C=O) groups is 3. The van der Waals surface area contributed by atoms with Gasteiger partial charge >= 0.3 is 0 Å². The van der Waals surface area contributed by atoms with Crippen LogP contribution < -0.4 is 20.9 Å². The number of likely N-dealkylation sites (N-methyl/N-ethyl adjacent to an activating group) is 2. The van der Waals surface area contributed by atoms with Crippen LogP contribution in [0.15, 0.2) is 66.7 Å². The maximum atomic E-state index is 13.2. The number of hydrogen-bond acceptors (Lipinski definition) is 6. The van der Waals surface area contributed by atoms with Gasteiger partial charge in [-0.1, -0.05) is 48.0 Å². The number of rotatable bonds is 7. The first-order valence-corrected chi connectivity index (χ1v) is 13.8. The summed E-state index contributed by atoms with van der Waals surface area (Å²) in [6.45, 7) is 5.23. The zero-order valence-corrected chi connectivity index (χ0v) is 24.1. The molecule has 2 aliphatic rings. The van der Waals surface area contributed by atoms with Crippen molar-refractivity contribution in [2.75, 3.05) is 67.7 Å². The predicted octanol–water partition coefficient (Wildman–Crippen LogP) is 4.44. The zero-order chi connectivity index (χ0) is 29.1. The van der Waals surface area contributed by atoms with Crippen LogP contribution in [0.2, 0.25) is 5.02 Å². The molecule has 0 saturated carbocycles. The van der Waals surface area contributed by atoms with E-state index in [1.807, 2.05) is 42.5 Å². The van der Waals surface area contributed by atoms with Crippen LogP contribution in [0.25, 0.3) is 11.3 Å². The molecule has 41 heavy (non-hydrogen) atoms. The van der Waals surface area contributed by atoms with E-state index in [1.54, 1.807) is 36.2 Å². The van der Waals surface area contributed by atoms with Gasteiger partial charge in [0.15, 0.2) is 0 Å². The summed E-state index contributed by atoms with van der Waals surface area (Å²) < 4.78 is 0. The number of carbonyl (C=O) groups excluding carboxylic acids is 3. The molecule has 0 aliphatic carbocycles.